The van der Waals surface area contributed by atoms with Crippen LogP contribution in [0.4, 0.5) is 0 Å². The monoisotopic (exact) mass is 299 g/mol. The van der Waals surface area contributed by atoms with Gasteiger partial charge in [0.15, 0.2) is 0 Å². The summed E-state index contributed by atoms with van der Waals surface area (Å²) in [6.45, 7) is 2.43. The van der Waals surface area contributed by atoms with Gasteiger partial charge in [0.05, 0.1) is 0 Å². The quantitative estimate of drug-likeness (QED) is 0.826. The van der Waals surface area contributed by atoms with E-state index in [0.29, 0.717) is 18.6 Å². The molecular weight excluding hydrogens is 278 g/mol. The lowest BCUT2D eigenvalue weighted by Crippen LogP contribution is -2.33. The summed E-state index contributed by atoms with van der Waals surface area (Å²) in [5.74, 6) is 0.583. The predicted molar refractivity (Wildman–Crippen MR) is 85.8 cm³/mol. The van der Waals surface area contributed by atoms with E-state index in [1.54, 1.807) is 24.3 Å². The van der Waals surface area contributed by atoms with E-state index >= 15 is 0 Å². The molecule has 0 heterocycles. The standard InChI is InChI=1S/C18H21NO3/c1-14(11-12-20)19-18(21)16-7-9-17(10-8-16)22-13-15-5-3-2-4-6-15/h2-10,14,20H,11-13H2,1H3,(H,19,21). The van der Waals surface area contributed by atoms with Crippen molar-refractivity contribution in [2.24, 2.45) is 0 Å². The van der Waals surface area contributed by atoms with E-state index in [9.17, 15) is 4.79 Å². The molecule has 0 aliphatic carbocycles. The number of carbonyl (C=O) groups is 1. The van der Waals surface area contributed by atoms with Crippen LogP contribution in [-0.2, 0) is 6.61 Å². The lowest BCUT2D eigenvalue weighted by Gasteiger charge is -2.12. The second-order valence-corrected chi connectivity index (χ2v) is 5.19. The molecule has 22 heavy (non-hydrogen) atoms. The molecule has 1 amide bonds. The molecule has 4 nitrogen and oxygen atoms in total. The van der Waals surface area contributed by atoms with E-state index < -0.39 is 0 Å². The summed E-state index contributed by atoms with van der Waals surface area (Å²) in [4.78, 5) is 12.0. The first-order chi connectivity index (χ1) is 10.7. The number of benzene rings is 2. The molecule has 116 valence electrons. The lowest BCUT2D eigenvalue weighted by molar-refractivity contribution is 0.0934. The molecule has 0 aromatic heterocycles. The normalized spacial score (nSPS) is 11.7. The smallest absolute Gasteiger partial charge is 0.251 e. The minimum absolute atomic E-state index is 0.0495. The van der Waals surface area contributed by atoms with Crippen molar-refractivity contribution in [3.05, 3.63) is 65.7 Å². The highest BCUT2D eigenvalue weighted by atomic mass is 16.5. The third kappa shape index (κ3) is 4.90. The van der Waals surface area contributed by atoms with Crippen molar-refractivity contribution in [2.45, 2.75) is 26.0 Å². The minimum Gasteiger partial charge on any atom is -0.489 e. The van der Waals surface area contributed by atoms with E-state index in [2.05, 4.69) is 5.32 Å². The Kier molecular flexibility index (Phi) is 5.98. The van der Waals surface area contributed by atoms with Crippen LogP contribution >= 0.6 is 0 Å². The highest BCUT2D eigenvalue weighted by Gasteiger charge is 2.09. The molecule has 2 rings (SSSR count). The fourth-order valence-electron chi connectivity index (χ4n) is 2.02. The Bertz CT molecular complexity index is 581. The van der Waals surface area contributed by atoms with Crippen molar-refractivity contribution >= 4 is 5.91 Å². The Labute approximate surface area is 130 Å². The van der Waals surface area contributed by atoms with Crippen molar-refractivity contribution in [2.75, 3.05) is 6.61 Å². The van der Waals surface area contributed by atoms with Gasteiger partial charge in [0.2, 0.25) is 0 Å². The zero-order valence-electron chi connectivity index (χ0n) is 12.7. The van der Waals surface area contributed by atoms with Crippen molar-refractivity contribution in [3.63, 3.8) is 0 Å². The van der Waals surface area contributed by atoms with Gasteiger partial charge < -0.3 is 15.2 Å². The third-order valence-corrected chi connectivity index (χ3v) is 3.30. The van der Waals surface area contributed by atoms with Crippen LogP contribution in [-0.4, -0.2) is 23.7 Å². The van der Waals surface area contributed by atoms with Crippen molar-refractivity contribution < 1.29 is 14.6 Å². The summed E-state index contributed by atoms with van der Waals surface area (Å²) in [7, 11) is 0. The van der Waals surface area contributed by atoms with Crippen LogP contribution in [0.2, 0.25) is 0 Å². The van der Waals surface area contributed by atoms with Gasteiger partial charge in [-0.15, -0.1) is 0 Å². The molecule has 1 unspecified atom stereocenters. The lowest BCUT2D eigenvalue weighted by atomic mass is 10.1. The molecule has 0 fully saturated rings. The molecule has 2 N–H and O–H groups in total. The summed E-state index contributed by atoms with van der Waals surface area (Å²) in [6.07, 6.45) is 0.546. The maximum atomic E-state index is 12.0. The van der Waals surface area contributed by atoms with Gasteiger partial charge in [-0.2, -0.15) is 0 Å². The number of rotatable bonds is 7. The highest BCUT2D eigenvalue weighted by molar-refractivity contribution is 5.94. The summed E-state index contributed by atoms with van der Waals surface area (Å²) in [5.41, 5.74) is 1.68. The van der Waals surface area contributed by atoms with Crippen molar-refractivity contribution in [3.8, 4) is 5.75 Å². The van der Waals surface area contributed by atoms with Gasteiger partial charge in [-0.1, -0.05) is 30.3 Å². The Hall–Kier alpha value is -2.33. The molecule has 2 aromatic rings. The Morgan fingerprint density at radius 1 is 1.14 bits per heavy atom. The molecular formula is C18H21NO3. The largest absolute Gasteiger partial charge is 0.489 e. The second kappa shape index (κ2) is 8.20. The van der Waals surface area contributed by atoms with E-state index in [-0.39, 0.29) is 18.6 Å². The highest BCUT2D eigenvalue weighted by Crippen LogP contribution is 2.14. The van der Waals surface area contributed by atoms with Gasteiger partial charge >= 0.3 is 0 Å². The number of nitrogens with one attached hydrogen (secondary N) is 1. The number of ether oxygens (including phenoxy) is 1. The fourth-order valence-corrected chi connectivity index (χ4v) is 2.02. The number of hydrogen-bond acceptors (Lipinski definition) is 3. The van der Waals surface area contributed by atoms with Gasteiger partial charge in [-0.05, 0) is 43.2 Å². The van der Waals surface area contributed by atoms with Crippen molar-refractivity contribution in [1.29, 1.82) is 0 Å². The van der Waals surface area contributed by atoms with Gasteiger partial charge in [-0.25, -0.2) is 0 Å². The molecule has 2 aromatic carbocycles. The Morgan fingerprint density at radius 3 is 2.45 bits per heavy atom. The Morgan fingerprint density at radius 2 is 1.82 bits per heavy atom. The van der Waals surface area contributed by atoms with Crippen LogP contribution in [0.15, 0.2) is 54.6 Å². The zero-order chi connectivity index (χ0) is 15.8. The number of hydrogen-bond donors (Lipinski definition) is 2. The average Bonchev–Trinajstić information content (AvgIpc) is 2.54. The molecule has 0 aliphatic rings. The second-order valence-electron chi connectivity index (χ2n) is 5.19. The number of aliphatic hydroxyl groups excluding tert-OH is 1. The fraction of sp³-hybridized carbons (Fsp3) is 0.278. The summed E-state index contributed by atoms with van der Waals surface area (Å²) >= 11 is 0. The minimum atomic E-state index is -0.143. The van der Waals surface area contributed by atoms with Gasteiger partial charge in [0.1, 0.15) is 12.4 Å². The van der Waals surface area contributed by atoms with Gasteiger partial charge in [-0.3, -0.25) is 4.79 Å². The van der Waals surface area contributed by atoms with Crippen LogP contribution in [0, 0.1) is 0 Å². The maximum absolute atomic E-state index is 12.0. The molecule has 0 aliphatic heterocycles. The van der Waals surface area contributed by atoms with E-state index in [1.807, 2.05) is 37.3 Å². The SMILES string of the molecule is CC(CCO)NC(=O)c1ccc(OCc2ccccc2)cc1. The van der Waals surface area contributed by atoms with Crippen LogP contribution in [0.3, 0.4) is 0 Å². The van der Waals surface area contributed by atoms with Crippen LogP contribution in [0.25, 0.3) is 0 Å². The van der Waals surface area contributed by atoms with Gasteiger partial charge in [0, 0.05) is 18.2 Å². The maximum Gasteiger partial charge on any atom is 0.251 e. The number of aliphatic hydroxyl groups is 1. The summed E-state index contributed by atoms with van der Waals surface area (Å²) in [5, 5.41) is 11.7. The number of carbonyl (C=O) groups excluding carboxylic acids is 1. The topological polar surface area (TPSA) is 58.6 Å². The van der Waals surface area contributed by atoms with Crippen LogP contribution in [0.1, 0.15) is 29.3 Å². The zero-order valence-corrected chi connectivity index (χ0v) is 12.7. The van der Waals surface area contributed by atoms with E-state index in [1.165, 1.54) is 0 Å². The van der Waals surface area contributed by atoms with Crippen molar-refractivity contribution in [1.82, 2.24) is 5.32 Å². The van der Waals surface area contributed by atoms with Gasteiger partial charge in [0.25, 0.3) is 5.91 Å². The van der Waals surface area contributed by atoms with E-state index in [0.717, 1.165) is 11.3 Å². The first-order valence-corrected chi connectivity index (χ1v) is 7.37. The first-order valence-electron chi connectivity index (χ1n) is 7.37. The Balaban J connectivity index is 1.88. The van der Waals surface area contributed by atoms with E-state index in [4.69, 9.17) is 9.84 Å². The number of amides is 1. The molecule has 0 saturated carbocycles. The molecule has 0 radical (unpaired) electrons. The van der Waals surface area contributed by atoms with Crippen LogP contribution < -0.4 is 10.1 Å². The molecule has 0 bridgehead atoms. The third-order valence-electron chi connectivity index (χ3n) is 3.30. The average molecular weight is 299 g/mol. The molecule has 0 saturated heterocycles. The van der Waals surface area contributed by atoms with Crippen LogP contribution in [0.5, 0.6) is 5.75 Å². The summed E-state index contributed by atoms with van der Waals surface area (Å²) < 4.78 is 5.68. The summed E-state index contributed by atoms with van der Waals surface area (Å²) in [6, 6.07) is 16.9. The molecule has 0 spiro atoms. The first kappa shape index (κ1) is 16.0. The molecule has 4 heteroatoms. The predicted octanol–water partition coefficient (Wildman–Crippen LogP) is 2.77. The molecule has 1 atom stereocenters.